The van der Waals surface area contributed by atoms with Gasteiger partial charge in [-0.2, -0.15) is 0 Å². The van der Waals surface area contributed by atoms with Crippen LogP contribution in [0, 0.1) is 22.0 Å². The Morgan fingerprint density at radius 2 is 2.06 bits per heavy atom. The number of nitrogens with zero attached hydrogens (tertiary/aromatic N) is 1. The smallest absolute Gasteiger partial charge is 0.271 e. The van der Waals surface area contributed by atoms with Crippen LogP contribution >= 0.6 is 0 Å². The van der Waals surface area contributed by atoms with Gasteiger partial charge in [-0.1, -0.05) is 26.8 Å². The van der Waals surface area contributed by atoms with Crippen LogP contribution in [-0.2, 0) is 0 Å². The summed E-state index contributed by atoms with van der Waals surface area (Å²) >= 11 is 0. The van der Waals surface area contributed by atoms with Gasteiger partial charge in [-0.15, -0.1) is 0 Å². The van der Waals surface area contributed by atoms with E-state index in [-0.39, 0.29) is 10.6 Å². The quantitative estimate of drug-likeness (QED) is 0.614. The highest BCUT2D eigenvalue weighted by molar-refractivity contribution is 5.50. The summed E-state index contributed by atoms with van der Waals surface area (Å²) < 4.78 is 0. The molecule has 0 bridgehead atoms. The fourth-order valence-electron chi connectivity index (χ4n) is 1.24. The van der Waals surface area contributed by atoms with Crippen LogP contribution in [0.2, 0.25) is 0 Å². The molecule has 0 spiro atoms. The number of anilines is 1. The van der Waals surface area contributed by atoms with Crippen molar-refractivity contribution in [2.45, 2.75) is 20.8 Å². The maximum Gasteiger partial charge on any atom is 0.271 e. The molecule has 0 heterocycles. The summed E-state index contributed by atoms with van der Waals surface area (Å²) in [7, 11) is 0. The molecule has 0 saturated heterocycles. The van der Waals surface area contributed by atoms with Crippen LogP contribution in [0.5, 0.6) is 0 Å². The number of rotatable bonds is 5. The first kappa shape index (κ1) is 12.5. The van der Waals surface area contributed by atoms with Crippen LogP contribution in [0.15, 0.2) is 24.3 Å². The molecule has 88 valence electrons. The molecule has 0 fully saturated rings. The number of hydrogen-bond donors (Lipinski definition) is 1. The van der Waals surface area contributed by atoms with Crippen LogP contribution in [0.4, 0.5) is 11.4 Å². The first-order valence-electron chi connectivity index (χ1n) is 5.49. The monoisotopic (exact) mass is 222 g/mol. The lowest BCUT2D eigenvalue weighted by Gasteiger charge is -2.16. The number of hydrogen-bond acceptors (Lipinski definition) is 3. The van der Waals surface area contributed by atoms with Crippen molar-refractivity contribution in [3.8, 4) is 0 Å². The third-order valence-corrected chi connectivity index (χ3v) is 2.82. The van der Waals surface area contributed by atoms with Crippen molar-refractivity contribution < 1.29 is 4.92 Å². The molecular weight excluding hydrogens is 204 g/mol. The minimum absolute atomic E-state index is 0.127. The molecular formula is C12H18N2O2. The van der Waals surface area contributed by atoms with E-state index in [1.165, 1.54) is 6.07 Å². The molecule has 0 aromatic heterocycles. The summed E-state index contributed by atoms with van der Waals surface area (Å²) in [6.07, 6.45) is 0. The maximum atomic E-state index is 10.6. The van der Waals surface area contributed by atoms with Crippen molar-refractivity contribution in [3.63, 3.8) is 0 Å². The Hall–Kier alpha value is -1.58. The number of nitro benzene ring substituents is 1. The summed E-state index contributed by atoms with van der Waals surface area (Å²) in [4.78, 5) is 10.2. The Morgan fingerprint density at radius 3 is 2.62 bits per heavy atom. The molecule has 1 rings (SSSR count). The summed E-state index contributed by atoms with van der Waals surface area (Å²) in [5.41, 5.74) is 0.934. The van der Waals surface area contributed by atoms with Gasteiger partial charge < -0.3 is 5.32 Å². The van der Waals surface area contributed by atoms with E-state index in [0.29, 0.717) is 11.8 Å². The molecule has 1 aromatic carbocycles. The van der Waals surface area contributed by atoms with Crippen molar-refractivity contribution in [1.29, 1.82) is 0 Å². The van der Waals surface area contributed by atoms with E-state index in [9.17, 15) is 10.1 Å². The van der Waals surface area contributed by atoms with Crippen LogP contribution in [0.25, 0.3) is 0 Å². The van der Waals surface area contributed by atoms with Gasteiger partial charge in [-0.25, -0.2) is 0 Å². The van der Waals surface area contributed by atoms with Gasteiger partial charge in [0.1, 0.15) is 0 Å². The minimum Gasteiger partial charge on any atom is -0.385 e. The van der Waals surface area contributed by atoms with Crippen molar-refractivity contribution >= 4 is 11.4 Å². The highest BCUT2D eigenvalue weighted by Crippen LogP contribution is 2.18. The van der Waals surface area contributed by atoms with E-state index < -0.39 is 0 Å². The van der Waals surface area contributed by atoms with E-state index >= 15 is 0 Å². The zero-order valence-electron chi connectivity index (χ0n) is 9.93. The van der Waals surface area contributed by atoms with Crippen LogP contribution < -0.4 is 5.32 Å². The SMILES string of the molecule is CC(C)C(C)CNc1cccc([N+](=O)[O-])c1. The molecule has 16 heavy (non-hydrogen) atoms. The van der Waals surface area contributed by atoms with Crippen LogP contribution in [0.1, 0.15) is 20.8 Å². The van der Waals surface area contributed by atoms with Gasteiger partial charge in [0, 0.05) is 24.4 Å². The summed E-state index contributed by atoms with van der Waals surface area (Å²) in [5.74, 6) is 1.14. The molecule has 0 aliphatic heterocycles. The standard InChI is InChI=1S/C12H18N2O2/c1-9(2)10(3)8-13-11-5-4-6-12(7-11)14(15)16/h4-7,9-10,13H,8H2,1-3H3. The number of benzene rings is 1. The lowest BCUT2D eigenvalue weighted by molar-refractivity contribution is -0.384. The Balaban J connectivity index is 2.61. The van der Waals surface area contributed by atoms with Crippen molar-refractivity contribution in [3.05, 3.63) is 34.4 Å². The maximum absolute atomic E-state index is 10.6. The molecule has 1 atom stereocenters. The average molecular weight is 222 g/mol. The predicted octanol–water partition coefficient (Wildman–Crippen LogP) is 3.30. The van der Waals surface area contributed by atoms with Gasteiger partial charge in [-0.05, 0) is 17.9 Å². The van der Waals surface area contributed by atoms with Crippen LogP contribution in [0.3, 0.4) is 0 Å². The van der Waals surface area contributed by atoms with E-state index in [1.54, 1.807) is 12.1 Å². The number of nitrogens with one attached hydrogen (secondary N) is 1. The van der Waals surface area contributed by atoms with Crippen molar-refractivity contribution in [2.75, 3.05) is 11.9 Å². The first-order valence-corrected chi connectivity index (χ1v) is 5.49. The Bertz CT molecular complexity index is 364. The zero-order chi connectivity index (χ0) is 12.1. The Labute approximate surface area is 95.8 Å². The summed E-state index contributed by atoms with van der Waals surface area (Å²) in [6.45, 7) is 7.33. The predicted molar refractivity (Wildman–Crippen MR) is 65.6 cm³/mol. The third kappa shape index (κ3) is 3.53. The second-order valence-electron chi connectivity index (χ2n) is 4.41. The van der Waals surface area contributed by atoms with E-state index in [4.69, 9.17) is 0 Å². The van der Waals surface area contributed by atoms with Gasteiger partial charge in [0.05, 0.1) is 4.92 Å². The number of nitro groups is 1. The molecule has 0 radical (unpaired) electrons. The number of non-ortho nitro benzene ring substituents is 1. The lowest BCUT2D eigenvalue weighted by Crippen LogP contribution is -2.16. The normalized spacial score (nSPS) is 12.5. The van der Waals surface area contributed by atoms with E-state index in [2.05, 4.69) is 26.1 Å². The third-order valence-electron chi connectivity index (χ3n) is 2.82. The van der Waals surface area contributed by atoms with E-state index in [0.717, 1.165) is 12.2 Å². The highest BCUT2D eigenvalue weighted by Gasteiger charge is 2.08. The van der Waals surface area contributed by atoms with Crippen molar-refractivity contribution in [2.24, 2.45) is 11.8 Å². The van der Waals surface area contributed by atoms with Gasteiger partial charge in [0.2, 0.25) is 0 Å². The largest absolute Gasteiger partial charge is 0.385 e. The topological polar surface area (TPSA) is 55.2 Å². The minimum atomic E-state index is -0.378. The molecule has 4 heteroatoms. The molecule has 0 aliphatic rings. The average Bonchev–Trinajstić information content (AvgIpc) is 2.26. The van der Waals surface area contributed by atoms with Gasteiger partial charge in [0.15, 0.2) is 0 Å². The first-order chi connectivity index (χ1) is 7.50. The molecule has 0 aliphatic carbocycles. The second kappa shape index (κ2) is 5.49. The molecule has 4 nitrogen and oxygen atoms in total. The molecule has 0 saturated carbocycles. The molecule has 0 amide bonds. The highest BCUT2D eigenvalue weighted by atomic mass is 16.6. The fraction of sp³-hybridized carbons (Fsp3) is 0.500. The van der Waals surface area contributed by atoms with Gasteiger partial charge in [0.25, 0.3) is 5.69 Å². The van der Waals surface area contributed by atoms with Gasteiger partial charge >= 0.3 is 0 Å². The summed E-state index contributed by atoms with van der Waals surface area (Å²) in [6, 6.07) is 6.60. The second-order valence-corrected chi connectivity index (χ2v) is 4.41. The van der Waals surface area contributed by atoms with Crippen LogP contribution in [-0.4, -0.2) is 11.5 Å². The fourth-order valence-corrected chi connectivity index (χ4v) is 1.24. The van der Waals surface area contributed by atoms with E-state index in [1.807, 2.05) is 6.07 Å². The molecule has 1 unspecified atom stereocenters. The van der Waals surface area contributed by atoms with Crippen molar-refractivity contribution in [1.82, 2.24) is 0 Å². The lowest BCUT2D eigenvalue weighted by atomic mass is 9.98. The Kier molecular flexibility index (Phi) is 4.28. The Morgan fingerprint density at radius 1 is 1.38 bits per heavy atom. The summed E-state index contributed by atoms with van der Waals surface area (Å²) in [5, 5.41) is 13.8. The molecule has 1 aromatic rings. The zero-order valence-corrected chi connectivity index (χ0v) is 9.93. The molecule has 1 N–H and O–H groups in total. The van der Waals surface area contributed by atoms with Gasteiger partial charge in [-0.3, -0.25) is 10.1 Å².